The molecule has 5 nitrogen and oxygen atoms in total. The normalized spacial score (nSPS) is 18.6. The Morgan fingerprint density at radius 1 is 1.20 bits per heavy atom. The molecule has 0 aromatic carbocycles. The van der Waals surface area contributed by atoms with Crippen LogP contribution >= 0.6 is 0 Å². The highest BCUT2D eigenvalue weighted by atomic mass is 16.7. The molecule has 2 fully saturated rings. The SMILES string of the molecule is CC(C)(C)C(C)(C)ON(c1ccnc(NC(=O)C2CC2)c1)C1CCC1. The average molecular weight is 345 g/mol. The van der Waals surface area contributed by atoms with Gasteiger partial charge in [0, 0.05) is 18.2 Å². The summed E-state index contributed by atoms with van der Waals surface area (Å²) in [7, 11) is 0. The predicted octanol–water partition coefficient (Wildman–Crippen LogP) is 4.55. The van der Waals surface area contributed by atoms with Crippen molar-refractivity contribution in [1.82, 2.24) is 4.98 Å². The highest BCUT2D eigenvalue weighted by Crippen LogP contribution is 2.39. The zero-order valence-corrected chi connectivity index (χ0v) is 16.1. The number of rotatable bonds is 6. The number of aromatic nitrogens is 1. The molecule has 0 bridgehead atoms. The number of carbonyl (C=O) groups is 1. The molecule has 2 aliphatic rings. The lowest BCUT2D eigenvalue weighted by Gasteiger charge is -2.46. The van der Waals surface area contributed by atoms with E-state index in [-0.39, 0.29) is 22.8 Å². The van der Waals surface area contributed by atoms with E-state index in [0.717, 1.165) is 31.4 Å². The van der Waals surface area contributed by atoms with E-state index in [1.807, 2.05) is 17.2 Å². The molecular weight excluding hydrogens is 314 g/mol. The van der Waals surface area contributed by atoms with Gasteiger partial charge in [-0.3, -0.25) is 14.7 Å². The molecule has 0 saturated heterocycles. The zero-order valence-electron chi connectivity index (χ0n) is 16.1. The van der Waals surface area contributed by atoms with E-state index in [0.29, 0.717) is 11.9 Å². The van der Waals surface area contributed by atoms with Crippen LogP contribution in [0.25, 0.3) is 0 Å². The highest BCUT2D eigenvalue weighted by Gasteiger charge is 2.39. The van der Waals surface area contributed by atoms with Crippen molar-refractivity contribution in [1.29, 1.82) is 0 Å². The number of nitrogens with zero attached hydrogens (tertiary/aromatic N) is 2. The fourth-order valence-corrected chi connectivity index (χ4v) is 2.54. The smallest absolute Gasteiger partial charge is 0.228 e. The van der Waals surface area contributed by atoms with Gasteiger partial charge in [-0.25, -0.2) is 4.98 Å². The van der Waals surface area contributed by atoms with E-state index >= 15 is 0 Å². The van der Waals surface area contributed by atoms with E-state index in [2.05, 4.69) is 44.9 Å². The number of hydrogen-bond acceptors (Lipinski definition) is 4. The van der Waals surface area contributed by atoms with Gasteiger partial charge in [0.05, 0.1) is 17.3 Å². The minimum atomic E-state index is -0.316. The first-order chi connectivity index (χ1) is 11.7. The van der Waals surface area contributed by atoms with Gasteiger partial charge in [-0.15, -0.1) is 0 Å². The van der Waals surface area contributed by atoms with Crippen molar-refractivity contribution in [3.63, 3.8) is 0 Å². The van der Waals surface area contributed by atoms with Crippen LogP contribution in [0.4, 0.5) is 11.5 Å². The quantitative estimate of drug-likeness (QED) is 0.769. The summed E-state index contributed by atoms with van der Waals surface area (Å²) >= 11 is 0. The Hall–Kier alpha value is -1.62. The van der Waals surface area contributed by atoms with Crippen LogP contribution < -0.4 is 10.4 Å². The number of hydrogen-bond donors (Lipinski definition) is 1. The summed E-state index contributed by atoms with van der Waals surface area (Å²) in [6.45, 7) is 10.9. The number of hydroxylamine groups is 1. The number of nitrogens with one attached hydrogen (secondary N) is 1. The van der Waals surface area contributed by atoms with Crippen LogP contribution in [0.1, 0.15) is 66.7 Å². The van der Waals surface area contributed by atoms with Gasteiger partial charge < -0.3 is 5.32 Å². The van der Waals surface area contributed by atoms with Crippen molar-refractivity contribution in [2.24, 2.45) is 11.3 Å². The Morgan fingerprint density at radius 3 is 2.40 bits per heavy atom. The summed E-state index contributed by atoms with van der Waals surface area (Å²) in [6, 6.07) is 4.28. The summed E-state index contributed by atoms with van der Waals surface area (Å²) in [5, 5.41) is 4.98. The second-order valence-corrected chi connectivity index (χ2v) is 8.92. The highest BCUT2D eigenvalue weighted by molar-refractivity contribution is 5.93. The monoisotopic (exact) mass is 345 g/mol. The summed E-state index contributed by atoms with van der Waals surface area (Å²) in [4.78, 5) is 22.8. The van der Waals surface area contributed by atoms with Crippen LogP contribution in [0.15, 0.2) is 18.3 Å². The fourth-order valence-electron chi connectivity index (χ4n) is 2.54. The predicted molar refractivity (Wildman–Crippen MR) is 100 cm³/mol. The number of carbonyl (C=O) groups excluding carboxylic acids is 1. The molecule has 0 atom stereocenters. The molecule has 25 heavy (non-hydrogen) atoms. The fraction of sp³-hybridized carbons (Fsp3) is 0.700. The van der Waals surface area contributed by atoms with Crippen LogP contribution in [-0.4, -0.2) is 22.5 Å². The lowest BCUT2D eigenvalue weighted by Crippen LogP contribution is -2.50. The van der Waals surface area contributed by atoms with Crippen LogP contribution in [0.3, 0.4) is 0 Å². The lowest BCUT2D eigenvalue weighted by molar-refractivity contribution is -0.117. The molecular formula is C20H31N3O2. The van der Waals surface area contributed by atoms with Crippen LogP contribution in [-0.2, 0) is 9.63 Å². The third-order valence-electron chi connectivity index (χ3n) is 5.74. The third-order valence-corrected chi connectivity index (χ3v) is 5.74. The van der Waals surface area contributed by atoms with Gasteiger partial charge in [0.25, 0.3) is 0 Å². The summed E-state index contributed by atoms with van der Waals surface area (Å²) in [6.07, 6.45) is 7.22. The van der Waals surface area contributed by atoms with Crippen molar-refractivity contribution >= 4 is 17.4 Å². The molecule has 5 heteroatoms. The Balaban J connectivity index is 1.80. The summed E-state index contributed by atoms with van der Waals surface area (Å²) < 4.78 is 0. The molecule has 0 unspecified atom stereocenters. The second-order valence-electron chi connectivity index (χ2n) is 8.92. The maximum Gasteiger partial charge on any atom is 0.228 e. The molecule has 138 valence electrons. The molecule has 1 amide bonds. The number of amides is 1. The molecule has 2 aliphatic carbocycles. The topological polar surface area (TPSA) is 54.5 Å². The van der Waals surface area contributed by atoms with Gasteiger partial charge in [0.1, 0.15) is 5.82 Å². The molecule has 1 heterocycles. The van der Waals surface area contributed by atoms with E-state index in [9.17, 15) is 4.79 Å². The Kier molecular flexibility index (Phi) is 4.80. The van der Waals surface area contributed by atoms with E-state index < -0.39 is 0 Å². The van der Waals surface area contributed by atoms with E-state index in [1.54, 1.807) is 6.20 Å². The van der Waals surface area contributed by atoms with Gasteiger partial charge in [0.2, 0.25) is 5.91 Å². The van der Waals surface area contributed by atoms with Gasteiger partial charge in [0.15, 0.2) is 0 Å². The maximum absolute atomic E-state index is 12.0. The first-order valence-electron chi connectivity index (χ1n) is 9.43. The minimum absolute atomic E-state index is 0.00501. The van der Waals surface area contributed by atoms with Gasteiger partial charge in [-0.1, -0.05) is 20.8 Å². The molecule has 1 N–H and O–H groups in total. The molecule has 1 aromatic rings. The molecule has 0 aliphatic heterocycles. The van der Waals surface area contributed by atoms with Gasteiger partial charge >= 0.3 is 0 Å². The van der Waals surface area contributed by atoms with Crippen molar-refractivity contribution < 1.29 is 9.63 Å². The van der Waals surface area contributed by atoms with Gasteiger partial charge in [-0.05, 0) is 57.4 Å². The van der Waals surface area contributed by atoms with Crippen molar-refractivity contribution in [3.8, 4) is 0 Å². The van der Waals surface area contributed by atoms with Gasteiger partial charge in [-0.2, -0.15) is 0 Å². The number of pyridine rings is 1. The van der Waals surface area contributed by atoms with Crippen molar-refractivity contribution in [3.05, 3.63) is 18.3 Å². The maximum atomic E-state index is 12.0. The molecule has 1 aromatic heterocycles. The first kappa shape index (κ1) is 18.2. The summed E-state index contributed by atoms with van der Waals surface area (Å²) in [5.74, 6) is 0.857. The van der Waals surface area contributed by atoms with E-state index in [1.165, 1.54) is 6.42 Å². The van der Waals surface area contributed by atoms with E-state index in [4.69, 9.17) is 4.84 Å². The Bertz CT molecular complexity index is 628. The van der Waals surface area contributed by atoms with Crippen LogP contribution in [0, 0.1) is 11.3 Å². The molecule has 2 saturated carbocycles. The molecule has 3 rings (SSSR count). The molecule has 0 spiro atoms. The van der Waals surface area contributed by atoms with Crippen LogP contribution in [0.2, 0.25) is 0 Å². The van der Waals surface area contributed by atoms with Crippen molar-refractivity contribution in [2.75, 3.05) is 10.4 Å². The standard InChI is InChI=1S/C20H31N3O2/c1-19(2,3)20(4,5)25-23(15-7-6-8-15)16-11-12-21-17(13-16)22-18(24)14-9-10-14/h11-15H,6-10H2,1-5H3,(H,21,22,24). The minimum Gasteiger partial charge on any atom is -0.310 e. The third kappa shape index (κ3) is 4.14. The van der Waals surface area contributed by atoms with Crippen molar-refractivity contribution in [2.45, 2.75) is 78.4 Å². The summed E-state index contributed by atoms with van der Waals surface area (Å²) in [5.41, 5.74) is 0.650. The number of anilines is 2. The Morgan fingerprint density at radius 2 is 1.88 bits per heavy atom. The largest absolute Gasteiger partial charge is 0.310 e. The average Bonchev–Trinajstić information content (AvgIpc) is 3.28. The first-order valence-corrected chi connectivity index (χ1v) is 9.43. The molecule has 0 radical (unpaired) electrons. The second kappa shape index (κ2) is 6.60. The zero-order chi connectivity index (χ0) is 18.2. The van der Waals surface area contributed by atoms with Crippen LogP contribution in [0.5, 0.6) is 0 Å². The Labute approximate surface area is 151 Å². The lowest BCUT2D eigenvalue weighted by atomic mass is 9.79.